The Kier molecular flexibility index (Phi) is 6.03. The smallest absolute Gasteiger partial charge is 0.253 e. The van der Waals surface area contributed by atoms with Crippen molar-refractivity contribution in [2.24, 2.45) is 5.92 Å². The predicted molar refractivity (Wildman–Crippen MR) is 126 cm³/mol. The number of rotatable bonds is 4. The van der Waals surface area contributed by atoms with E-state index in [2.05, 4.69) is 55.3 Å². The largest absolute Gasteiger partial charge is 0.368 e. The number of benzene rings is 2. The molecule has 5 nitrogen and oxygen atoms in total. The topological polar surface area (TPSA) is 52.7 Å². The Balaban J connectivity index is 1.31. The van der Waals surface area contributed by atoms with Gasteiger partial charge < -0.3 is 15.1 Å². The quantitative estimate of drug-likeness (QED) is 0.783. The highest BCUT2D eigenvalue weighted by atomic mass is 16.2. The molecule has 0 radical (unpaired) electrons. The van der Waals surface area contributed by atoms with Gasteiger partial charge in [0.05, 0.1) is 0 Å². The first-order valence-electron chi connectivity index (χ1n) is 11.4. The lowest BCUT2D eigenvalue weighted by atomic mass is 9.85. The SMILES string of the molecule is CC(C)(C)c1ccc(C(=O)N2CCN(c3ccc(NC(=O)C4CCC4)cc3)CC2)cc1. The van der Waals surface area contributed by atoms with Gasteiger partial charge in [-0.05, 0) is 60.2 Å². The second kappa shape index (κ2) is 8.74. The van der Waals surface area contributed by atoms with Crippen LogP contribution in [0.3, 0.4) is 0 Å². The summed E-state index contributed by atoms with van der Waals surface area (Å²) >= 11 is 0. The van der Waals surface area contributed by atoms with Crippen molar-refractivity contribution in [1.29, 1.82) is 0 Å². The zero-order valence-electron chi connectivity index (χ0n) is 18.9. The van der Waals surface area contributed by atoms with Crippen molar-refractivity contribution < 1.29 is 9.59 Å². The number of carbonyl (C=O) groups is 2. The van der Waals surface area contributed by atoms with Gasteiger partial charge >= 0.3 is 0 Å². The molecule has 164 valence electrons. The minimum absolute atomic E-state index is 0.0861. The highest BCUT2D eigenvalue weighted by Crippen LogP contribution is 2.28. The van der Waals surface area contributed by atoms with E-state index in [0.717, 1.165) is 49.3 Å². The van der Waals surface area contributed by atoms with Crippen LogP contribution in [-0.2, 0) is 10.2 Å². The molecule has 0 bridgehead atoms. The van der Waals surface area contributed by atoms with E-state index in [1.165, 1.54) is 5.56 Å². The third kappa shape index (κ3) is 4.92. The number of carbonyl (C=O) groups excluding carboxylic acids is 2. The van der Waals surface area contributed by atoms with Gasteiger partial charge in [0.1, 0.15) is 0 Å². The third-order valence-corrected chi connectivity index (χ3v) is 6.54. The molecule has 2 aromatic rings. The third-order valence-electron chi connectivity index (χ3n) is 6.54. The maximum absolute atomic E-state index is 12.9. The summed E-state index contributed by atoms with van der Waals surface area (Å²) in [6.45, 7) is 9.56. The van der Waals surface area contributed by atoms with Crippen molar-refractivity contribution in [3.8, 4) is 0 Å². The average molecular weight is 420 g/mol. The van der Waals surface area contributed by atoms with Crippen LogP contribution >= 0.6 is 0 Å². The Labute approximate surface area is 185 Å². The molecule has 0 spiro atoms. The first kappa shape index (κ1) is 21.4. The Morgan fingerprint density at radius 2 is 1.48 bits per heavy atom. The van der Waals surface area contributed by atoms with Crippen molar-refractivity contribution in [2.45, 2.75) is 45.4 Å². The van der Waals surface area contributed by atoms with Crippen molar-refractivity contribution in [3.63, 3.8) is 0 Å². The van der Waals surface area contributed by atoms with Crippen LogP contribution in [0.2, 0.25) is 0 Å². The summed E-state index contributed by atoms with van der Waals surface area (Å²) < 4.78 is 0. The van der Waals surface area contributed by atoms with E-state index < -0.39 is 0 Å². The number of amides is 2. The van der Waals surface area contributed by atoms with Crippen molar-refractivity contribution in [3.05, 3.63) is 59.7 Å². The number of hydrogen-bond acceptors (Lipinski definition) is 3. The molecule has 5 heteroatoms. The van der Waals surface area contributed by atoms with E-state index in [1.54, 1.807) is 0 Å². The predicted octanol–water partition coefficient (Wildman–Crippen LogP) is 4.69. The van der Waals surface area contributed by atoms with Gasteiger partial charge in [0.2, 0.25) is 5.91 Å². The molecule has 0 aromatic heterocycles. The van der Waals surface area contributed by atoms with Crippen LogP contribution in [0, 0.1) is 5.92 Å². The Morgan fingerprint density at radius 3 is 2.00 bits per heavy atom. The van der Waals surface area contributed by atoms with Gasteiger partial charge in [-0.2, -0.15) is 0 Å². The number of nitrogens with zero attached hydrogens (tertiary/aromatic N) is 2. The van der Waals surface area contributed by atoms with Gasteiger partial charge in [0.25, 0.3) is 5.91 Å². The molecule has 2 fully saturated rings. The summed E-state index contributed by atoms with van der Waals surface area (Å²) in [6.07, 6.45) is 3.18. The van der Waals surface area contributed by atoms with Gasteiger partial charge in [-0.25, -0.2) is 0 Å². The molecule has 0 unspecified atom stereocenters. The lowest BCUT2D eigenvalue weighted by molar-refractivity contribution is -0.122. The molecular weight excluding hydrogens is 386 g/mol. The van der Waals surface area contributed by atoms with Gasteiger partial charge in [-0.15, -0.1) is 0 Å². The van der Waals surface area contributed by atoms with Crippen LogP contribution in [0.15, 0.2) is 48.5 Å². The number of hydrogen-bond donors (Lipinski definition) is 1. The van der Waals surface area contributed by atoms with Crippen molar-refractivity contribution >= 4 is 23.2 Å². The minimum Gasteiger partial charge on any atom is -0.368 e. The zero-order valence-corrected chi connectivity index (χ0v) is 18.9. The molecule has 1 aliphatic carbocycles. The summed E-state index contributed by atoms with van der Waals surface area (Å²) in [6, 6.07) is 16.1. The Hall–Kier alpha value is -2.82. The molecule has 1 saturated carbocycles. The Bertz CT molecular complexity index is 917. The lowest BCUT2D eigenvalue weighted by Crippen LogP contribution is -2.48. The Morgan fingerprint density at radius 1 is 0.871 bits per heavy atom. The normalized spacial score (nSPS) is 17.3. The molecule has 2 amide bonds. The van der Waals surface area contributed by atoms with Crippen molar-refractivity contribution in [1.82, 2.24) is 4.90 Å². The van der Waals surface area contributed by atoms with E-state index in [9.17, 15) is 9.59 Å². The first-order valence-corrected chi connectivity index (χ1v) is 11.4. The first-order chi connectivity index (χ1) is 14.8. The number of nitrogens with one attached hydrogen (secondary N) is 1. The lowest BCUT2D eigenvalue weighted by Gasteiger charge is -2.36. The highest BCUT2D eigenvalue weighted by molar-refractivity contribution is 5.94. The molecule has 1 aliphatic heterocycles. The standard InChI is InChI=1S/C26H33N3O2/c1-26(2,3)21-9-7-20(8-10-21)25(31)29-17-15-28(16-18-29)23-13-11-22(12-14-23)27-24(30)19-5-4-6-19/h7-14,19H,4-6,15-18H2,1-3H3,(H,27,30). The van der Waals surface area contributed by atoms with Crippen LogP contribution in [-0.4, -0.2) is 42.9 Å². The van der Waals surface area contributed by atoms with Gasteiger partial charge in [-0.3, -0.25) is 9.59 Å². The van der Waals surface area contributed by atoms with E-state index in [0.29, 0.717) is 13.1 Å². The molecule has 1 saturated heterocycles. The van der Waals surface area contributed by atoms with Gasteiger partial charge in [0.15, 0.2) is 0 Å². The molecular formula is C26H33N3O2. The van der Waals surface area contributed by atoms with E-state index >= 15 is 0 Å². The van der Waals surface area contributed by atoms with Gasteiger partial charge in [0, 0.05) is 49.0 Å². The van der Waals surface area contributed by atoms with Crippen molar-refractivity contribution in [2.75, 3.05) is 36.4 Å². The maximum Gasteiger partial charge on any atom is 0.253 e. The molecule has 1 heterocycles. The molecule has 1 N–H and O–H groups in total. The monoisotopic (exact) mass is 419 g/mol. The fourth-order valence-corrected chi connectivity index (χ4v) is 4.13. The molecule has 0 atom stereocenters. The maximum atomic E-state index is 12.9. The summed E-state index contributed by atoms with van der Waals surface area (Å²) in [5.74, 6) is 0.436. The average Bonchev–Trinajstić information content (AvgIpc) is 2.72. The second-order valence-electron chi connectivity index (χ2n) is 9.77. The summed E-state index contributed by atoms with van der Waals surface area (Å²) in [5.41, 5.74) is 4.06. The van der Waals surface area contributed by atoms with Crippen LogP contribution in [0.5, 0.6) is 0 Å². The molecule has 2 aromatic carbocycles. The number of anilines is 2. The fraction of sp³-hybridized carbons (Fsp3) is 0.462. The van der Waals surface area contributed by atoms with Crippen LogP contribution in [0.4, 0.5) is 11.4 Å². The summed E-state index contributed by atoms with van der Waals surface area (Å²) in [7, 11) is 0. The van der Waals surface area contributed by atoms with Gasteiger partial charge in [-0.1, -0.05) is 39.3 Å². The molecule has 2 aliphatic rings. The zero-order chi connectivity index (χ0) is 22.0. The second-order valence-corrected chi connectivity index (χ2v) is 9.77. The van der Waals surface area contributed by atoms with E-state index in [1.807, 2.05) is 29.2 Å². The van der Waals surface area contributed by atoms with E-state index in [-0.39, 0.29) is 23.1 Å². The fourth-order valence-electron chi connectivity index (χ4n) is 4.13. The summed E-state index contributed by atoms with van der Waals surface area (Å²) in [5, 5.41) is 3.02. The van der Waals surface area contributed by atoms with Crippen LogP contribution < -0.4 is 10.2 Å². The minimum atomic E-state index is 0.0861. The summed E-state index contributed by atoms with van der Waals surface area (Å²) in [4.78, 5) is 29.2. The highest BCUT2D eigenvalue weighted by Gasteiger charge is 2.26. The van der Waals surface area contributed by atoms with Crippen LogP contribution in [0.25, 0.3) is 0 Å². The van der Waals surface area contributed by atoms with E-state index in [4.69, 9.17) is 0 Å². The molecule has 4 rings (SSSR count). The van der Waals surface area contributed by atoms with Crippen LogP contribution in [0.1, 0.15) is 56.0 Å². The molecule has 31 heavy (non-hydrogen) atoms. The number of piperazine rings is 1.